The summed E-state index contributed by atoms with van der Waals surface area (Å²) in [7, 11) is 0. The summed E-state index contributed by atoms with van der Waals surface area (Å²) in [4.78, 5) is 9.02. The van der Waals surface area contributed by atoms with Gasteiger partial charge in [0, 0.05) is 17.8 Å². The van der Waals surface area contributed by atoms with Crippen molar-refractivity contribution in [3.05, 3.63) is 17.6 Å². The summed E-state index contributed by atoms with van der Waals surface area (Å²) in [5.74, 6) is 2.80. The van der Waals surface area contributed by atoms with E-state index in [1.54, 1.807) is 6.33 Å². The minimum atomic E-state index is 0.820. The SMILES string of the molecule is CC1CCCCC1CNc1ncnc2c1CCCCC2. The summed E-state index contributed by atoms with van der Waals surface area (Å²) in [5, 5.41) is 3.65. The van der Waals surface area contributed by atoms with Crippen molar-refractivity contribution in [1.82, 2.24) is 9.97 Å². The highest BCUT2D eigenvalue weighted by Crippen LogP contribution is 2.30. The van der Waals surface area contributed by atoms with Gasteiger partial charge in [-0.3, -0.25) is 0 Å². The molecule has 1 N–H and O–H groups in total. The summed E-state index contributed by atoms with van der Waals surface area (Å²) >= 11 is 0. The average Bonchev–Trinajstić information content (AvgIpc) is 2.72. The van der Waals surface area contributed by atoms with Crippen molar-refractivity contribution in [2.45, 2.75) is 64.7 Å². The molecule has 2 unspecified atom stereocenters. The van der Waals surface area contributed by atoms with Crippen LogP contribution < -0.4 is 5.32 Å². The molecule has 110 valence electrons. The maximum atomic E-state index is 4.52. The number of nitrogens with one attached hydrogen (secondary N) is 1. The maximum Gasteiger partial charge on any atom is 0.132 e. The standard InChI is InChI=1S/C17H27N3/c1-13-7-5-6-8-14(13)11-18-17-15-9-3-2-4-10-16(15)19-12-20-17/h12-14H,2-11H2,1H3,(H,18,19,20). The van der Waals surface area contributed by atoms with Crippen LogP contribution in [0.5, 0.6) is 0 Å². The van der Waals surface area contributed by atoms with Gasteiger partial charge >= 0.3 is 0 Å². The van der Waals surface area contributed by atoms with Gasteiger partial charge in [0.05, 0.1) is 0 Å². The van der Waals surface area contributed by atoms with E-state index in [0.717, 1.165) is 37.0 Å². The molecule has 0 radical (unpaired) electrons. The monoisotopic (exact) mass is 273 g/mol. The summed E-state index contributed by atoms with van der Waals surface area (Å²) in [5.41, 5.74) is 2.69. The van der Waals surface area contributed by atoms with E-state index in [0.29, 0.717) is 0 Å². The largest absolute Gasteiger partial charge is 0.369 e. The molecule has 2 atom stereocenters. The highest BCUT2D eigenvalue weighted by atomic mass is 15.0. The Labute approximate surface area is 122 Å². The Kier molecular flexibility index (Phi) is 4.54. The van der Waals surface area contributed by atoms with Crippen LogP contribution in [0.3, 0.4) is 0 Å². The van der Waals surface area contributed by atoms with Gasteiger partial charge in [-0.25, -0.2) is 9.97 Å². The number of aryl methyl sites for hydroxylation is 1. The summed E-state index contributed by atoms with van der Waals surface area (Å²) in [6.45, 7) is 3.50. The Hall–Kier alpha value is -1.12. The van der Waals surface area contributed by atoms with E-state index in [1.165, 1.54) is 56.2 Å². The molecule has 1 aromatic heterocycles. The van der Waals surface area contributed by atoms with Gasteiger partial charge in [-0.2, -0.15) is 0 Å². The molecule has 2 aliphatic carbocycles. The third-order valence-electron chi connectivity index (χ3n) is 5.20. The normalized spacial score (nSPS) is 26.6. The zero-order chi connectivity index (χ0) is 13.8. The van der Waals surface area contributed by atoms with E-state index in [-0.39, 0.29) is 0 Å². The lowest BCUT2D eigenvalue weighted by Crippen LogP contribution is -2.25. The zero-order valence-electron chi connectivity index (χ0n) is 12.7. The van der Waals surface area contributed by atoms with Gasteiger partial charge in [-0.1, -0.05) is 32.6 Å². The smallest absolute Gasteiger partial charge is 0.132 e. The molecule has 1 saturated carbocycles. The highest BCUT2D eigenvalue weighted by molar-refractivity contribution is 5.46. The molecule has 0 bridgehead atoms. The molecule has 0 spiro atoms. The first-order valence-electron chi connectivity index (χ1n) is 8.41. The van der Waals surface area contributed by atoms with Crippen LogP contribution in [0.25, 0.3) is 0 Å². The second-order valence-electron chi connectivity index (χ2n) is 6.61. The molecule has 2 aliphatic rings. The first-order chi connectivity index (χ1) is 9.84. The van der Waals surface area contributed by atoms with Crippen molar-refractivity contribution in [2.75, 3.05) is 11.9 Å². The zero-order valence-corrected chi connectivity index (χ0v) is 12.7. The molecule has 0 aromatic carbocycles. The fourth-order valence-electron chi connectivity index (χ4n) is 3.77. The third kappa shape index (κ3) is 3.13. The van der Waals surface area contributed by atoms with E-state index in [1.807, 2.05) is 0 Å². The van der Waals surface area contributed by atoms with Crippen molar-refractivity contribution in [3.8, 4) is 0 Å². The van der Waals surface area contributed by atoms with Gasteiger partial charge in [0.2, 0.25) is 0 Å². The number of hydrogen-bond acceptors (Lipinski definition) is 3. The van der Waals surface area contributed by atoms with Crippen molar-refractivity contribution >= 4 is 5.82 Å². The molecule has 1 fully saturated rings. The topological polar surface area (TPSA) is 37.8 Å². The van der Waals surface area contributed by atoms with Crippen LogP contribution in [-0.4, -0.2) is 16.5 Å². The highest BCUT2D eigenvalue weighted by Gasteiger charge is 2.22. The predicted octanol–water partition coefficient (Wildman–Crippen LogP) is 3.98. The molecular weight excluding hydrogens is 246 g/mol. The molecule has 20 heavy (non-hydrogen) atoms. The van der Waals surface area contributed by atoms with Crippen molar-refractivity contribution in [1.29, 1.82) is 0 Å². The second-order valence-corrected chi connectivity index (χ2v) is 6.61. The van der Waals surface area contributed by atoms with Crippen molar-refractivity contribution in [3.63, 3.8) is 0 Å². The van der Waals surface area contributed by atoms with E-state index < -0.39 is 0 Å². The van der Waals surface area contributed by atoms with Crippen molar-refractivity contribution < 1.29 is 0 Å². The number of rotatable bonds is 3. The number of fused-ring (bicyclic) bond motifs is 1. The predicted molar refractivity (Wildman–Crippen MR) is 82.9 cm³/mol. The fourth-order valence-corrected chi connectivity index (χ4v) is 3.77. The number of anilines is 1. The van der Waals surface area contributed by atoms with Gasteiger partial charge in [-0.05, 0) is 43.9 Å². The lowest BCUT2D eigenvalue weighted by Gasteiger charge is -2.29. The first kappa shape index (κ1) is 13.8. The average molecular weight is 273 g/mol. The van der Waals surface area contributed by atoms with E-state index in [2.05, 4.69) is 22.2 Å². The molecule has 1 heterocycles. The molecule has 1 aromatic rings. The minimum Gasteiger partial charge on any atom is -0.369 e. The van der Waals surface area contributed by atoms with E-state index in [9.17, 15) is 0 Å². The quantitative estimate of drug-likeness (QED) is 0.846. The summed E-state index contributed by atoms with van der Waals surface area (Å²) < 4.78 is 0. The maximum absolute atomic E-state index is 4.52. The molecule has 0 aliphatic heterocycles. The first-order valence-corrected chi connectivity index (χ1v) is 8.41. The Bertz CT molecular complexity index is 444. The lowest BCUT2D eigenvalue weighted by molar-refractivity contribution is 0.268. The summed E-state index contributed by atoms with van der Waals surface area (Å²) in [6, 6.07) is 0. The van der Waals surface area contributed by atoms with Crippen LogP contribution in [0.4, 0.5) is 5.82 Å². The van der Waals surface area contributed by atoms with Crippen molar-refractivity contribution in [2.24, 2.45) is 11.8 Å². The van der Waals surface area contributed by atoms with Gasteiger partial charge in [0.15, 0.2) is 0 Å². The van der Waals surface area contributed by atoms with Crippen LogP contribution in [0.15, 0.2) is 6.33 Å². The van der Waals surface area contributed by atoms with E-state index >= 15 is 0 Å². The van der Waals surface area contributed by atoms with Crippen LogP contribution in [0.2, 0.25) is 0 Å². The number of aromatic nitrogens is 2. The van der Waals surface area contributed by atoms with Gasteiger partial charge < -0.3 is 5.32 Å². The minimum absolute atomic E-state index is 0.820. The number of nitrogens with zero attached hydrogens (tertiary/aromatic N) is 2. The second kappa shape index (κ2) is 6.55. The number of hydrogen-bond donors (Lipinski definition) is 1. The van der Waals surface area contributed by atoms with Gasteiger partial charge in [-0.15, -0.1) is 0 Å². The van der Waals surface area contributed by atoms with Gasteiger partial charge in [0.25, 0.3) is 0 Å². The Morgan fingerprint density at radius 3 is 2.80 bits per heavy atom. The van der Waals surface area contributed by atoms with Crippen LogP contribution in [0.1, 0.15) is 63.1 Å². The molecule has 0 saturated heterocycles. The Morgan fingerprint density at radius 1 is 1.05 bits per heavy atom. The Balaban J connectivity index is 1.68. The fraction of sp³-hybridized carbons (Fsp3) is 0.765. The third-order valence-corrected chi connectivity index (χ3v) is 5.20. The van der Waals surface area contributed by atoms with Crippen LogP contribution >= 0.6 is 0 Å². The molecule has 3 nitrogen and oxygen atoms in total. The van der Waals surface area contributed by atoms with E-state index in [4.69, 9.17) is 0 Å². The van der Waals surface area contributed by atoms with Gasteiger partial charge in [0.1, 0.15) is 12.1 Å². The molecular formula is C17H27N3. The lowest BCUT2D eigenvalue weighted by atomic mass is 9.80. The summed E-state index contributed by atoms with van der Waals surface area (Å²) in [6.07, 6.45) is 13.5. The molecule has 0 amide bonds. The Morgan fingerprint density at radius 2 is 1.90 bits per heavy atom. The molecule has 3 heteroatoms. The van der Waals surface area contributed by atoms with Crippen LogP contribution in [-0.2, 0) is 12.8 Å². The molecule has 3 rings (SSSR count). The van der Waals surface area contributed by atoms with Crippen LogP contribution in [0, 0.1) is 11.8 Å².